The Hall–Kier alpha value is -1.38. The smallest absolute Gasteiger partial charge is 0.225 e. The summed E-state index contributed by atoms with van der Waals surface area (Å²) in [6, 6.07) is 4.33. The highest BCUT2D eigenvalue weighted by Gasteiger charge is 2.36. The number of amides is 1. The van der Waals surface area contributed by atoms with Crippen molar-refractivity contribution in [1.82, 2.24) is 9.88 Å². The average Bonchev–Trinajstić information content (AvgIpc) is 3.20. The van der Waals surface area contributed by atoms with Crippen LogP contribution in [0.5, 0.6) is 0 Å². The lowest BCUT2D eigenvalue weighted by Gasteiger charge is -2.32. The number of carbonyl (C=O) groups excluding carboxylic acids is 1. The van der Waals surface area contributed by atoms with Crippen LogP contribution in [-0.4, -0.2) is 22.8 Å². The molecule has 0 saturated heterocycles. The van der Waals surface area contributed by atoms with E-state index >= 15 is 0 Å². The van der Waals surface area contributed by atoms with Gasteiger partial charge in [-0.15, -0.1) is 0 Å². The highest BCUT2D eigenvalue weighted by atomic mass is 16.2. The minimum absolute atomic E-state index is 0.202. The molecule has 0 aliphatic heterocycles. The molecule has 0 spiro atoms. The molecule has 0 radical (unpaired) electrons. The first kappa shape index (κ1) is 10.8. The van der Waals surface area contributed by atoms with Gasteiger partial charge in [0.1, 0.15) is 0 Å². The summed E-state index contributed by atoms with van der Waals surface area (Å²) in [5.74, 6) is 0.614. The van der Waals surface area contributed by atoms with Gasteiger partial charge in [0.2, 0.25) is 5.91 Å². The van der Waals surface area contributed by atoms with Gasteiger partial charge in [-0.05, 0) is 43.7 Å². The van der Waals surface area contributed by atoms with Crippen LogP contribution in [0.2, 0.25) is 0 Å². The lowest BCUT2D eigenvalue weighted by atomic mass is 9.91. The summed E-state index contributed by atoms with van der Waals surface area (Å²) >= 11 is 0. The third-order valence-electron chi connectivity index (χ3n) is 3.91. The Labute approximate surface area is 102 Å². The predicted molar refractivity (Wildman–Crippen MR) is 65.4 cm³/mol. The Morgan fingerprint density at radius 1 is 1.41 bits per heavy atom. The molecule has 1 amide bonds. The minimum atomic E-state index is 0.202. The van der Waals surface area contributed by atoms with Gasteiger partial charge in [0.25, 0.3) is 0 Å². The maximum Gasteiger partial charge on any atom is 0.225 e. The van der Waals surface area contributed by atoms with Crippen LogP contribution in [0.25, 0.3) is 0 Å². The first-order valence-corrected chi connectivity index (χ1v) is 6.48. The first-order chi connectivity index (χ1) is 8.27. The average molecular weight is 230 g/mol. The SMILES string of the molecule is CN(C(=O)C1CC1)C1CCCc2cccnc21. The Morgan fingerprint density at radius 2 is 2.24 bits per heavy atom. The van der Waals surface area contributed by atoms with E-state index in [2.05, 4.69) is 11.1 Å². The number of nitrogens with zero attached hydrogens (tertiary/aromatic N) is 2. The van der Waals surface area contributed by atoms with Crippen molar-refractivity contribution in [3.63, 3.8) is 0 Å². The van der Waals surface area contributed by atoms with Crippen LogP contribution < -0.4 is 0 Å². The van der Waals surface area contributed by atoms with Crippen LogP contribution in [-0.2, 0) is 11.2 Å². The molecular formula is C14H18N2O. The number of hydrogen-bond acceptors (Lipinski definition) is 2. The van der Waals surface area contributed by atoms with E-state index < -0.39 is 0 Å². The molecule has 90 valence electrons. The highest BCUT2D eigenvalue weighted by molar-refractivity contribution is 5.81. The fraction of sp³-hybridized carbons (Fsp3) is 0.571. The normalized spacial score (nSPS) is 23.0. The largest absolute Gasteiger partial charge is 0.337 e. The van der Waals surface area contributed by atoms with Crippen molar-refractivity contribution in [2.45, 2.75) is 38.1 Å². The van der Waals surface area contributed by atoms with Crippen molar-refractivity contribution in [2.24, 2.45) is 5.92 Å². The zero-order valence-electron chi connectivity index (χ0n) is 10.2. The van der Waals surface area contributed by atoms with E-state index in [-0.39, 0.29) is 6.04 Å². The molecule has 17 heavy (non-hydrogen) atoms. The van der Waals surface area contributed by atoms with Gasteiger partial charge in [0.05, 0.1) is 11.7 Å². The zero-order chi connectivity index (χ0) is 11.8. The van der Waals surface area contributed by atoms with E-state index in [0.29, 0.717) is 11.8 Å². The first-order valence-electron chi connectivity index (χ1n) is 6.48. The molecule has 0 bridgehead atoms. The molecule has 0 N–H and O–H groups in total. The molecule has 1 unspecified atom stereocenters. The van der Waals surface area contributed by atoms with Crippen molar-refractivity contribution >= 4 is 5.91 Å². The summed E-state index contributed by atoms with van der Waals surface area (Å²) in [5, 5.41) is 0. The molecule has 1 atom stereocenters. The molecule has 3 nitrogen and oxygen atoms in total. The fourth-order valence-corrected chi connectivity index (χ4v) is 2.73. The number of aryl methyl sites for hydroxylation is 1. The molecule has 0 aromatic carbocycles. The summed E-state index contributed by atoms with van der Waals surface area (Å²) in [6.45, 7) is 0. The fourth-order valence-electron chi connectivity index (χ4n) is 2.73. The second-order valence-corrected chi connectivity index (χ2v) is 5.18. The number of rotatable bonds is 2. The quantitative estimate of drug-likeness (QED) is 0.781. The molecule has 1 saturated carbocycles. The standard InChI is InChI=1S/C14H18N2O/c1-16(14(17)11-7-8-11)12-6-2-4-10-5-3-9-15-13(10)12/h3,5,9,11-12H,2,4,6-8H2,1H3. The third-order valence-corrected chi connectivity index (χ3v) is 3.91. The van der Waals surface area contributed by atoms with E-state index in [9.17, 15) is 4.79 Å². The number of carbonyl (C=O) groups is 1. The van der Waals surface area contributed by atoms with Crippen LogP contribution in [0.15, 0.2) is 18.3 Å². The van der Waals surface area contributed by atoms with Gasteiger partial charge in [0, 0.05) is 19.2 Å². The Bertz CT molecular complexity index is 440. The zero-order valence-corrected chi connectivity index (χ0v) is 10.2. The molecule has 1 heterocycles. The van der Waals surface area contributed by atoms with E-state index in [0.717, 1.165) is 37.8 Å². The lowest BCUT2D eigenvalue weighted by molar-refractivity contribution is -0.133. The van der Waals surface area contributed by atoms with Gasteiger partial charge in [-0.25, -0.2) is 0 Å². The second kappa shape index (κ2) is 4.13. The van der Waals surface area contributed by atoms with E-state index in [1.807, 2.05) is 24.2 Å². The van der Waals surface area contributed by atoms with Gasteiger partial charge in [-0.3, -0.25) is 9.78 Å². The highest BCUT2D eigenvalue weighted by Crippen LogP contribution is 2.37. The van der Waals surface area contributed by atoms with Crippen molar-refractivity contribution in [3.05, 3.63) is 29.6 Å². The Balaban J connectivity index is 1.86. The molecule has 1 aromatic rings. The van der Waals surface area contributed by atoms with Crippen LogP contribution in [0.3, 0.4) is 0 Å². The summed E-state index contributed by atoms with van der Waals surface area (Å²) < 4.78 is 0. The molecule has 3 rings (SSSR count). The molecular weight excluding hydrogens is 212 g/mol. The predicted octanol–water partition coefficient (Wildman–Crippen LogP) is 2.33. The maximum absolute atomic E-state index is 12.1. The van der Waals surface area contributed by atoms with Gasteiger partial charge in [-0.2, -0.15) is 0 Å². The van der Waals surface area contributed by atoms with Crippen LogP contribution in [0.1, 0.15) is 43.0 Å². The molecule has 1 aromatic heterocycles. The maximum atomic E-state index is 12.1. The number of fused-ring (bicyclic) bond motifs is 1. The second-order valence-electron chi connectivity index (χ2n) is 5.18. The molecule has 2 aliphatic rings. The van der Waals surface area contributed by atoms with Gasteiger partial charge in [0.15, 0.2) is 0 Å². The number of aromatic nitrogens is 1. The summed E-state index contributed by atoms with van der Waals surface area (Å²) in [7, 11) is 1.94. The Morgan fingerprint density at radius 3 is 3.00 bits per heavy atom. The van der Waals surface area contributed by atoms with Crippen molar-refractivity contribution < 1.29 is 4.79 Å². The van der Waals surface area contributed by atoms with Crippen LogP contribution in [0, 0.1) is 5.92 Å². The summed E-state index contributed by atoms with van der Waals surface area (Å²) in [6.07, 6.45) is 7.30. The third kappa shape index (κ3) is 1.94. The van der Waals surface area contributed by atoms with Crippen molar-refractivity contribution in [1.29, 1.82) is 0 Å². The monoisotopic (exact) mass is 230 g/mol. The van der Waals surface area contributed by atoms with E-state index in [1.54, 1.807) is 0 Å². The van der Waals surface area contributed by atoms with Gasteiger partial charge >= 0.3 is 0 Å². The number of hydrogen-bond donors (Lipinski definition) is 0. The van der Waals surface area contributed by atoms with E-state index in [1.165, 1.54) is 5.56 Å². The van der Waals surface area contributed by atoms with Gasteiger partial charge in [-0.1, -0.05) is 6.07 Å². The molecule has 3 heteroatoms. The Kier molecular flexibility index (Phi) is 2.61. The topological polar surface area (TPSA) is 33.2 Å². The summed E-state index contributed by atoms with van der Waals surface area (Å²) in [4.78, 5) is 18.5. The molecule has 2 aliphatic carbocycles. The lowest BCUT2D eigenvalue weighted by Crippen LogP contribution is -2.34. The van der Waals surface area contributed by atoms with E-state index in [4.69, 9.17) is 0 Å². The van der Waals surface area contributed by atoms with Crippen molar-refractivity contribution in [3.8, 4) is 0 Å². The number of pyridine rings is 1. The van der Waals surface area contributed by atoms with Crippen LogP contribution in [0.4, 0.5) is 0 Å². The minimum Gasteiger partial charge on any atom is -0.337 e. The van der Waals surface area contributed by atoms with Gasteiger partial charge < -0.3 is 4.90 Å². The van der Waals surface area contributed by atoms with Crippen molar-refractivity contribution in [2.75, 3.05) is 7.05 Å². The van der Waals surface area contributed by atoms with Crippen LogP contribution >= 0.6 is 0 Å². The molecule has 1 fully saturated rings. The summed E-state index contributed by atoms with van der Waals surface area (Å²) in [5.41, 5.74) is 2.44.